The predicted molar refractivity (Wildman–Crippen MR) is 68.5 cm³/mol. The van der Waals surface area contributed by atoms with Gasteiger partial charge in [0.25, 0.3) is 0 Å². The number of hydrogen-bond donors (Lipinski definition) is 0. The van der Waals surface area contributed by atoms with Gasteiger partial charge in [0, 0.05) is 4.88 Å². The normalized spacial score (nSPS) is 10.4. The topological polar surface area (TPSA) is 0 Å². The lowest BCUT2D eigenvalue weighted by molar-refractivity contribution is 1.69. The number of hydrogen-bond acceptors (Lipinski definition) is 3. The summed E-state index contributed by atoms with van der Waals surface area (Å²) in [6, 6.07) is 7.58. The van der Waals surface area contributed by atoms with Gasteiger partial charge in [-0.25, -0.2) is 0 Å². The highest BCUT2D eigenvalue weighted by Gasteiger charge is 2.03. The quantitative estimate of drug-likeness (QED) is 0.489. The van der Waals surface area contributed by atoms with Crippen LogP contribution in [0.2, 0.25) is 10.0 Å². The van der Waals surface area contributed by atoms with Crippen molar-refractivity contribution in [3.63, 3.8) is 0 Å². The molecule has 0 bridgehead atoms. The lowest BCUT2D eigenvalue weighted by Gasteiger charge is -1.98. The van der Waals surface area contributed by atoms with Crippen LogP contribution in [-0.2, 0) is 0 Å². The van der Waals surface area contributed by atoms with Crippen LogP contribution in [0.3, 0.4) is 0 Å². The van der Waals surface area contributed by atoms with Crippen LogP contribution >= 0.6 is 56.1 Å². The molecule has 72 valence electrons. The van der Waals surface area contributed by atoms with Gasteiger partial charge in [-0.3, -0.25) is 0 Å². The Morgan fingerprint density at radius 3 is 2.36 bits per heavy atom. The van der Waals surface area contributed by atoms with E-state index >= 15 is 0 Å². The van der Waals surface area contributed by atoms with Crippen molar-refractivity contribution in [3.8, 4) is 10.4 Å². The molecule has 0 aliphatic rings. The molecular formula is C9H4Cl2S3. The van der Waals surface area contributed by atoms with E-state index < -0.39 is 0 Å². The van der Waals surface area contributed by atoms with E-state index in [0.717, 1.165) is 14.3 Å². The van der Waals surface area contributed by atoms with E-state index in [0.29, 0.717) is 10.0 Å². The molecule has 0 fully saturated rings. The van der Waals surface area contributed by atoms with Gasteiger partial charge < -0.3 is 0 Å². The first-order valence-electron chi connectivity index (χ1n) is 3.72. The number of halogens is 2. The van der Waals surface area contributed by atoms with Gasteiger partial charge in [-0.1, -0.05) is 62.2 Å². The number of rotatable bonds is 1. The van der Waals surface area contributed by atoms with Crippen LogP contribution in [0.15, 0.2) is 24.3 Å². The van der Waals surface area contributed by atoms with Crippen molar-refractivity contribution in [2.45, 2.75) is 0 Å². The third-order valence-electron chi connectivity index (χ3n) is 1.67. The second-order valence-corrected chi connectivity index (χ2v) is 6.35. The minimum absolute atomic E-state index is 0.577. The maximum Gasteiger partial charge on any atom is 0.102 e. The maximum atomic E-state index is 5.92. The molecule has 1 aromatic carbocycles. The van der Waals surface area contributed by atoms with E-state index in [1.807, 2.05) is 18.2 Å². The molecule has 5 heteroatoms. The average molecular weight is 279 g/mol. The lowest BCUT2D eigenvalue weighted by atomic mass is 10.2. The van der Waals surface area contributed by atoms with Gasteiger partial charge in [0.05, 0.1) is 10.0 Å². The third-order valence-corrected chi connectivity index (χ3v) is 5.32. The van der Waals surface area contributed by atoms with E-state index in [1.165, 1.54) is 0 Å². The predicted octanol–water partition coefficient (Wildman–Crippen LogP) is 5.51. The van der Waals surface area contributed by atoms with Crippen molar-refractivity contribution in [2.75, 3.05) is 0 Å². The minimum atomic E-state index is 0.577. The molecule has 1 heterocycles. The number of benzene rings is 1. The van der Waals surface area contributed by atoms with Crippen LogP contribution in [0.25, 0.3) is 10.4 Å². The van der Waals surface area contributed by atoms with Crippen LogP contribution in [0.1, 0.15) is 0 Å². The van der Waals surface area contributed by atoms with E-state index in [4.69, 9.17) is 35.4 Å². The van der Waals surface area contributed by atoms with Gasteiger partial charge in [0.1, 0.15) is 3.82 Å². The van der Waals surface area contributed by atoms with Crippen molar-refractivity contribution in [2.24, 2.45) is 0 Å². The highest BCUT2D eigenvalue weighted by Crippen LogP contribution is 2.33. The molecule has 0 radical (unpaired) electrons. The summed E-state index contributed by atoms with van der Waals surface area (Å²) in [6.45, 7) is 0. The molecule has 14 heavy (non-hydrogen) atoms. The Hall–Kier alpha value is 0.0700. The summed E-state index contributed by atoms with van der Waals surface area (Å²) in [6.07, 6.45) is 0. The molecule has 0 nitrogen and oxygen atoms in total. The minimum Gasteiger partial charge on any atom is -0.0827 e. The Labute approximate surface area is 104 Å². The van der Waals surface area contributed by atoms with Crippen molar-refractivity contribution >= 4 is 56.1 Å². The highest BCUT2D eigenvalue weighted by molar-refractivity contribution is 7.80. The van der Waals surface area contributed by atoms with Gasteiger partial charge in [-0.2, -0.15) is 0 Å². The molecule has 2 aromatic rings. The van der Waals surface area contributed by atoms with Crippen molar-refractivity contribution in [3.05, 3.63) is 38.1 Å². The van der Waals surface area contributed by atoms with Gasteiger partial charge in [0.15, 0.2) is 0 Å². The Bertz CT molecular complexity index is 513. The largest absolute Gasteiger partial charge is 0.102 e. The van der Waals surface area contributed by atoms with Crippen molar-refractivity contribution in [1.82, 2.24) is 0 Å². The zero-order valence-electron chi connectivity index (χ0n) is 6.79. The molecule has 1 aromatic heterocycles. The molecule has 0 unspecified atom stereocenters. The Morgan fingerprint density at radius 2 is 1.79 bits per heavy atom. The molecule has 0 saturated heterocycles. The van der Waals surface area contributed by atoms with Gasteiger partial charge >= 0.3 is 0 Å². The third kappa shape index (κ3) is 2.18. The lowest BCUT2D eigenvalue weighted by Crippen LogP contribution is -1.73. The van der Waals surface area contributed by atoms with Gasteiger partial charge in [-0.05, 0) is 23.8 Å². The highest BCUT2D eigenvalue weighted by atomic mass is 35.5. The van der Waals surface area contributed by atoms with Gasteiger partial charge in [0.2, 0.25) is 0 Å². The zero-order valence-corrected chi connectivity index (χ0v) is 10.8. The monoisotopic (exact) mass is 278 g/mol. The first kappa shape index (κ1) is 10.6. The van der Waals surface area contributed by atoms with E-state index in [-0.39, 0.29) is 0 Å². The van der Waals surface area contributed by atoms with E-state index in [2.05, 4.69) is 0 Å². The standard InChI is InChI=1S/C9H4Cl2S3/c10-6-2-1-5(3-7(6)11)8-4-9(12)14-13-8/h1-4H. The summed E-state index contributed by atoms with van der Waals surface area (Å²) in [5.74, 6) is 0. The molecule has 0 spiro atoms. The summed E-state index contributed by atoms with van der Waals surface area (Å²) in [5, 5.41) is 1.16. The molecule has 2 rings (SSSR count). The zero-order chi connectivity index (χ0) is 10.1. The Morgan fingerprint density at radius 1 is 1.00 bits per heavy atom. The van der Waals surface area contributed by atoms with Crippen LogP contribution in [0.5, 0.6) is 0 Å². The first-order chi connectivity index (χ1) is 6.66. The molecule has 0 aliphatic heterocycles. The Balaban J connectivity index is 2.52. The van der Waals surface area contributed by atoms with Crippen molar-refractivity contribution in [1.29, 1.82) is 0 Å². The van der Waals surface area contributed by atoms with E-state index in [1.54, 1.807) is 26.7 Å². The fourth-order valence-corrected chi connectivity index (χ4v) is 3.71. The Kier molecular flexibility index (Phi) is 3.24. The summed E-state index contributed by atoms with van der Waals surface area (Å²) in [7, 11) is 3.24. The molecular weight excluding hydrogens is 275 g/mol. The molecule has 0 atom stereocenters. The molecule has 0 saturated carbocycles. The first-order valence-corrected chi connectivity index (χ1v) is 7.04. The SMILES string of the molecule is S=c1cc(-c2ccc(Cl)c(Cl)c2)ss1. The molecule has 0 aliphatic carbocycles. The van der Waals surface area contributed by atoms with Crippen LogP contribution < -0.4 is 0 Å². The van der Waals surface area contributed by atoms with Crippen LogP contribution in [-0.4, -0.2) is 0 Å². The average Bonchev–Trinajstić information content (AvgIpc) is 2.57. The summed E-state index contributed by atoms with van der Waals surface area (Å²) >= 11 is 16.8. The fraction of sp³-hybridized carbons (Fsp3) is 0. The second kappa shape index (κ2) is 4.29. The van der Waals surface area contributed by atoms with Gasteiger partial charge in [-0.15, -0.1) is 0 Å². The fourth-order valence-electron chi connectivity index (χ4n) is 1.02. The van der Waals surface area contributed by atoms with E-state index in [9.17, 15) is 0 Å². The van der Waals surface area contributed by atoms with Crippen LogP contribution in [0, 0.1) is 3.82 Å². The summed E-state index contributed by atoms with van der Waals surface area (Å²) in [4.78, 5) is 1.14. The summed E-state index contributed by atoms with van der Waals surface area (Å²) < 4.78 is 0.899. The van der Waals surface area contributed by atoms with Crippen molar-refractivity contribution < 1.29 is 0 Å². The summed E-state index contributed by atoms with van der Waals surface area (Å²) in [5.41, 5.74) is 1.07. The molecule has 0 amide bonds. The molecule has 0 N–H and O–H groups in total. The smallest absolute Gasteiger partial charge is 0.0827 e. The van der Waals surface area contributed by atoms with Crippen LogP contribution in [0.4, 0.5) is 0 Å². The second-order valence-electron chi connectivity index (χ2n) is 2.62. The maximum absolute atomic E-state index is 5.92.